The van der Waals surface area contributed by atoms with Gasteiger partial charge in [0, 0.05) is 0 Å². The minimum Gasteiger partial charge on any atom is -0.309 e. The second kappa shape index (κ2) is 4.59. The highest BCUT2D eigenvalue weighted by Gasteiger charge is 2.31. The number of benzene rings is 1. The summed E-state index contributed by atoms with van der Waals surface area (Å²) in [7, 11) is 0. The smallest absolute Gasteiger partial charge is 0.309 e. The molecule has 4 nitrogen and oxygen atoms in total. The van der Waals surface area contributed by atoms with Gasteiger partial charge in [-0.1, -0.05) is 12.1 Å². The van der Waals surface area contributed by atoms with E-state index in [4.69, 9.17) is 0 Å². The van der Waals surface area contributed by atoms with Crippen molar-refractivity contribution in [2.45, 2.75) is 12.6 Å². The van der Waals surface area contributed by atoms with E-state index < -0.39 is 18.5 Å². The molecule has 0 bridgehead atoms. The molecule has 1 aromatic carbocycles. The van der Waals surface area contributed by atoms with Gasteiger partial charge in [0.05, 0.1) is 17.2 Å². The summed E-state index contributed by atoms with van der Waals surface area (Å²) in [6.45, 7) is 0. The van der Waals surface area contributed by atoms with Crippen LogP contribution < -0.4 is 5.32 Å². The third kappa shape index (κ3) is 3.16. The third-order valence-electron chi connectivity index (χ3n) is 2.08. The van der Waals surface area contributed by atoms with Crippen molar-refractivity contribution in [1.82, 2.24) is 9.97 Å². The molecule has 1 aromatic heterocycles. The van der Waals surface area contributed by atoms with Crippen LogP contribution in [-0.2, 0) is 4.79 Å². The van der Waals surface area contributed by atoms with Crippen LogP contribution in [0.3, 0.4) is 0 Å². The average molecular weight is 255 g/mol. The van der Waals surface area contributed by atoms with Gasteiger partial charge in [-0.05, 0) is 12.1 Å². The first-order valence-electron chi connectivity index (χ1n) is 5.02. The number of nitrogens with zero attached hydrogens (tertiary/aromatic N) is 2. The summed E-state index contributed by atoms with van der Waals surface area (Å²) in [5, 5.41) is 2.06. The van der Waals surface area contributed by atoms with Crippen molar-refractivity contribution >= 4 is 22.8 Å². The summed E-state index contributed by atoms with van der Waals surface area (Å²) in [4.78, 5) is 19.0. The van der Waals surface area contributed by atoms with Crippen LogP contribution in [0.2, 0.25) is 0 Å². The van der Waals surface area contributed by atoms with Gasteiger partial charge in [-0.15, -0.1) is 0 Å². The summed E-state index contributed by atoms with van der Waals surface area (Å²) in [6, 6.07) is 6.85. The Labute approximate surface area is 99.9 Å². The van der Waals surface area contributed by atoms with E-state index in [2.05, 4.69) is 15.3 Å². The van der Waals surface area contributed by atoms with E-state index in [0.717, 1.165) is 0 Å². The van der Waals surface area contributed by atoms with Gasteiger partial charge in [-0.25, -0.2) is 4.98 Å². The number of anilines is 1. The number of hydrogen-bond acceptors (Lipinski definition) is 3. The Bertz CT molecular complexity index is 583. The van der Waals surface area contributed by atoms with Crippen molar-refractivity contribution in [1.29, 1.82) is 0 Å². The summed E-state index contributed by atoms with van der Waals surface area (Å²) in [5.41, 5.74) is 1.11. The lowest BCUT2D eigenvalue weighted by molar-refractivity contribution is -0.150. The van der Waals surface area contributed by atoms with E-state index in [0.29, 0.717) is 11.0 Å². The summed E-state index contributed by atoms with van der Waals surface area (Å²) in [5.74, 6) is -1.16. The molecule has 0 aliphatic heterocycles. The summed E-state index contributed by atoms with van der Waals surface area (Å²) in [6.07, 6.45) is -4.85. The minimum absolute atomic E-state index is 0.00273. The Balaban J connectivity index is 2.15. The van der Waals surface area contributed by atoms with Crippen LogP contribution in [0.25, 0.3) is 11.0 Å². The molecule has 0 aliphatic rings. The Kier molecular flexibility index (Phi) is 3.14. The molecule has 7 heteroatoms. The van der Waals surface area contributed by atoms with Crippen LogP contribution in [-0.4, -0.2) is 22.1 Å². The van der Waals surface area contributed by atoms with Gasteiger partial charge < -0.3 is 5.32 Å². The molecule has 0 unspecified atom stereocenters. The second-order valence-corrected chi connectivity index (χ2v) is 3.58. The summed E-state index contributed by atoms with van der Waals surface area (Å²) >= 11 is 0. The van der Waals surface area contributed by atoms with Crippen molar-refractivity contribution in [3.8, 4) is 0 Å². The lowest BCUT2D eigenvalue weighted by atomic mass is 10.3. The predicted molar refractivity (Wildman–Crippen MR) is 58.8 cm³/mol. The van der Waals surface area contributed by atoms with Crippen molar-refractivity contribution in [3.63, 3.8) is 0 Å². The van der Waals surface area contributed by atoms with Crippen molar-refractivity contribution in [2.75, 3.05) is 5.32 Å². The number of aromatic nitrogens is 2. The van der Waals surface area contributed by atoms with Crippen molar-refractivity contribution in [2.24, 2.45) is 0 Å². The highest BCUT2D eigenvalue weighted by atomic mass is 19.4. The molecular formula is C11H8F3N3O. The molecule has 0 aliphatic carbocycles. The fraction of sp³-hybridized carbons (Fsp3) is 0.182. The Morgan fingerprint density at radius 3 is 2.56 bits per heavy atom. The molecule has 1 amide bonds. The maximum Gasteiger partial charge on any atom is 0.397 e. The Morgan fingerprint density at radius 2 is 1.89 bits per heavy atom. The number of para-hydroxylation sites is 2. The normalized spacial score (nSPS) is 11.5. The number of carbonyl (C=O) groups excluding carboxylic acids is 1. The molecule has 0 atom stereocenters. The zero-order chi connectivity index (χ0) is 13.2. The fourth-order valence-electron chi connectivity index (χ4n) is 1.39. The first-order valence-corrected chi connectivity index (χ1v) is 5.02. The monoisotopic (exact) mass is 255 g/mol. The molecule has 2 rings (SSSR count). The fourth-order valence-corrected chi connectivity index (χ4v) is 1.39. The van der Waals surface area contributed by atoms with Crippen LogP contribution in [0.1, 0.15) is 6.42 Å². The van der Waals surface area contributed by atoms with Crippen LogP contribution in [0.15, 0.2) is 30.5 Å². The number of rotatable bonds is 2. The molecule has 0 fully saturated rings. The Morgan fingerprint density at radius 1 is 1.22 bits per heavy atom. The van der Waals surface area contributed by atoms with Crippen LogP contribution in [0.4, 0.5) is 19.0 Å². The van der Waals surface area contributed by atoms with Gasteiger partial charge in [0.1, 0.15) is 6.42 Å². The number of amides is 1. The lowest BCUT2D eigenvalue weighted by Crippen LogP contribution is -2.21. The maximum atomic E-state index is 12.0. The Hall–Kier alpha value is -2.18. The van der Waals surface area contributed by atoms with E-state index in [1.807, 2.05) is 0 Å². The molecule has 1 N–H and O–H groups in total. The molecule has 0 spiro atoms. The molecule has 2 aromatic rings. The lowest BCUT2D eigenvalue weighted by Gasteiger charge is -2.07. The molecule has 0 saturated heterocycles. The molecule has 18 heavy (non-hydrogen) atoms. The predicted octanol–water partition coefficient (Wildman–Crippen LogP) is 2.52. The molecular weight excluding hydrogens is 247 g/mol. The quantitative estimate of drug-likeness (QED) is 0.897. The minimum atomic E-state index is -4.53. The highest BCUT2D eigenvalue weighted by Crippen LogP contribution is 2.20. The van der Waals surface area contributed by atoms with Crippen molar-refractivity contribution < 1.29 is 18.0 Å². The first-order chi connectivity index (χ1) is 8.44. The highest BCUT2D eigenvalue weighted by molar-refractivity contribution is 5.91. The van der Waals surface area contributed by atoms with E-state index >= 15 is 0 Å². The summed E-state index contributed by atoms with van der Waals surface area (Å²) < 4.78 is 35.9. The largest absolute Gasteiger partial charge is 0.397 e. The third-order valence-corrected chi connectivity index (χ3v) is 2.08. The number of carbonyl (C=O) groups is 1. The van der Waals surface area contributed by atoms with Gasteiger partial charge in [0.25, 0.3) is 0 Å². The molecule has 94 valence electrons. The number of nitrogens with one attached hydrogen (secondary N) is 1. The van der Waals surface area contributed by atoms with Crippen LogP contribution in [0.5, 0.6) is 0 Å². The van der Waals surface area contributed by atoms with E-state index in [-0.39, 0.29) is 5.82 Å². The van der Waals surface area contributed by atoms with Crippen molar-refractivity contribution in [3.05, 3.63) is 30.5 Å². The van der Waals surface area contributed by atoms with E-state index in [9.17, 15) is 18.0 Å². The molecule has 1 heterocycles. The first kappa shape index (κ1) is 12.3. The van der Waals surface area contributed by atoms with Gasteiger partial charge in [-0.3, -0.25) is 9.78 Å². The number of alkyl halides is 3. The average Bonchev–Trinajstić information content (AvgIpc) is 2.26. The van der Waals surface area contributed by atoms with Gasteiger partial charge >= 0.3 is 6.18 Å². The van der Waals surface area contributed by atoms with Gasteiger partial charge in [0.15, 0.2) is 5.82 Å². The number of fused-ring (bicyclic) bond motifs is 1. The molecule has 0 saturated carbocycles. The van der Waals surface area contributed by atoms with Gasteiger partial charge in [0.2, 0.25) is 5.91 Å². The van der Waals surface area contributed by atoms with E-state index in [1.54, 1.807) is 24.3 Å². The zero-order valence-electron chi connectivity index (χ0n) is 9.03. The molecule has 0 radical (unpaired) electrons. The number of halogens is 3. The zero-order valence-corrected chi connectivity index (χ0v) is 9.03. The maximum absolute atomic E-state index is 12.0. The second-order valence-electron chi connectivity index (χ2n) is 3.58. The number of hydrogen-bond donors (Lipinski definition) is 1. The van der Waals surface area contributed by atoms with E-state index in [1.165, 1.54) is 6.20 Å². The standard InChI is InChI=1S/C11H8F3N3O/c12-11(13,14)5-10(18)17-9-6-15-7-3-1-2-4-8(7)16-9/h1-4,6H,5H2,(H,16,17,18). The van der Waals surface area contributed by atoms with Crippen LogP contribution in [0, 0.1) is 0 Å². The topological polar surface area (TPSA) is 54.9 Å². The van der Waals surface area contributed by atoms with Gasteiger partial charge in [-0.2, -0.15) is 13.2 Å². The SMILES string of the molecule is O=C(CC(F)(F)F)Nc1cnc2ccccc2n1. The van der Waals surface area contributed by atoms with Crippen LogP contribution >= 0.6 is 0 Å².